The molecule has 0 radical (unpaired) electrons. The summed E-state index contributed by atoms with van der Waals surface area (Å²) in [5, 5.41) is 16.6. The second kappa shape index (κ2) is 10.5. The van der Waals surface area contributed by atoms with Gasteiger partial charge in [0.1, 0.15) is 12.4 Å². The number of aryl methyl sites for hydroxylation is 2. The molecule has 0 fully saturated rings. The van der Waals surface area contributed by atoms with Gasteiger partial charge in [-0.3, -0.25) is 20.2 Å². The SMILES string of the molecule is CCc1ccc(OCc2ccccc2C(=O)NC(=S)Nc2ccc(C)c([N+](=O)[O-])c2)cc1. The molecule has 164 valence electrons. The predicted molar refractivity (Wildman–Crippen MR) is 128 cm³/mol. The molecule has 3 aromatic rings. The fourth-order valence-electron chi connectivity index (χ4n) is 3.07. The number of nitro groups is 1. The fraction of sp³-hybridized carbons (Fsp3) is 0.167. The number of nitrogens with zero attached hydrogens (tertiary/aromatic N) is 1. The van der Waals surface area contributed by atoms with Gasteiger partial charge in [-0.2, -0.15) is 0 Å². The summed E-state index contributed by atoms with van der Waals surface area (Å²) in [6.45, 7) is 3.96. The lowest BCUT2D eigenvalue weighted by Crippen LogP contribution is -2.34. The van der Waals surface area contributed by atoms with Gasteiger partial charge in [0, 0.05) is 28.4 Å². The molecule has 32 heavy (non-hydrogen) atoms. The van der Waals surface area contributed by atoms with E-state index in [1.807, 2.05) is 36.4 Å². The van der Waals surface area contributed by atoms with Gasteiger partial charge in [-0.25, -0.2) is 0 Å². The topological polar surface area (TPSA) is 93.5 Å². The van der Waals surface area contributed by atoms with Gasteiger partial charge in [-0.1, -0.05) is 43.3 Å². The van der Waals surface area contributed by atoms with E-state index in [2.05, 4.69) is 17.6 Å². The second-order valence-corrected chi connectivity index (χ2v) is 7.52. The third-order valence-corrected chi connectivity index (χ3v) is 5.08. The Bertz CT molecular complexity index is 1150. The number of ether oxygens (including phenoxy) is 1. The van der Waals surface area contributed by atoms with Crippen molar-refractivity contribution in [2.24, 2.45) is 0 Å². The number of thiocarbonyl (C=S) groups is 1. The largest absolute Gasteiger partial charge is 0.489 e. The van der Waals surface area contributed by atoms with E-state index in [0.717, 1.165) is 12.2 Å². The van der Waals surface area contributed by atoms with E-state index in [1.54, 1.807) is 31.2 Å². The van der Waals surface area contributed by atoms with Gasteiger partial charge in [0.2, 0.25) is 0 Å². The summed E-state index contributed by atoms with van der Waals surface area (Å²) in [5.41, 5.74) is 3.28. The number of benzene rings is 3. The molecule has 0 spiro atoms. The third kappa shape index (κ3) is 5.89. The smallest absolute Gasteiger partial charge is 0.274 e. The predicted octanol–water partition coefficient (Wildman–Crippen LogP) is 5.17. The summed E-state index contributed by atoms with van der Waals surface area (Å²) in [6.07, 6.45) is 0.952. The molecule has 0 aliphatic heterocycles. The van der Waals surface area contributed by atoms with Crippen LogP contribution >= 0.6 is 12.2 Å². The van der Waals surface area contributed by atoms with Crippen molar-refractivity contribution < 1.29 is 14.5 Å². The highest BCUT2D eigenvalue weighted by Gasteiger charge is 2.15. The van der Waals surface area contributed by atoms with Gasteiger partial charge in [0.05, 0.1) is 4.92 Å². The van der Waals surface area contributed by atoms with Crippen LogP contribution in [0.2, 0.25) is 0 Å². The van der Waals surface area contributed by atoms with Crippen LogP contribution in [0.5, 0.6) is 5.75 Å². The lowest BCUT2D eigenvalue weighted by molar-refractivity contribution is -0.385. The van der Waals surface area contributed by atoms with E-state index in [4.69, 9.17) is 17.0 Å². The van der Waals surface area contributed by atoms with Crippen molar-refractivity contribution in [1.82, 2.24) is 5.32 Å². The molecule has 0 aliphatic rings. The normalized spacial score (nSPS) is 10.3. The van der Waals surface area contributed by atoms with Crippen molar-refractivity contribution in [3.8, 4) is 5.75 Å². The maximum atomic E-state index is 12.8. The van der Waals surface area contributed by atoms with Crippen LogP contribution in [0.25, 0.3) is 0 Å². The molecule has 3 rings (SSSR count). The number of hydrogen-bond acceptors (Lipinski definition) is 5. The monoisotopic (exact) mass is 449 g/mol. The van der Waals surface area contributed by atoms with Gasteiger partial charge in [-0.05, 0) is 55.4 Å². The molecule has 8 heteroatoms. The van der Waals surface area contributed by atoms with Crippen LogP contribution in [-0.4, -0.2) is 15.9 Å². The minimum atomic E-state index is -0.464. The molecule has 0 bridgehead atoms. The number of amides is 1. The first-order valence-electron chi connectivity index (χ1n) is 10.0. The molecule has 0 saturated carbocycles. The van der Waals surface area contributed by atoms with Crippen LogP contribution in [-0.2, 0) is 13.0 Å². The zero-order valence-corrected chi connectivity index (χ0v) is 18.6. The molecule has 0 aliphatic carbocycles. The lowest BCUT2D eigenvalue weighted by atomic mass is 10.1. The van der Waals surface area contributed by atoms with Gasteiger partial charge in [0.25, 0.3) is 11.6 Å². The molecule has 2 N–H and O–H groups in total. The van der Waals surface area contributed by atoms with Crippen LogP contribution in [0.3, 0.4) is 0 Å². The van der Waals surface area contributed by atoms with E-state index in [-0.39, 0.29) is 17.4 Å². The first-order chi connectivity index (χ1) is 15.4. The molecule has 0 saturated heterocycles. The number of carbonyl (C=O) groups excluding carboxylic acids is 1. The molecule has 3 aromatic carbocycles. The lowest BCUT2D eigenvalue weighted by Gasteiger charge is -2.13. The molecule has 0 heterocycles. The highest BCUT2D eigenvalue weighted by molar-refractivity contribution is 7.80. The van der Waals surface area contributed by atoms with Gasteiger partial charge >= 0.3 is 0 Å². The van der Waals surface area contributed by atoms with Crippen molar-refractivity contribution in [3.05, 3.63) is 99.1 Å². The van der Waals surface area contributed by atoms with E-state index in [0.29, 0.717) is 22.4 Å². The summed E-state index contributed by atoms with van der Waals surface area (Å²) in [4.78, 5) is 23.4. The summed E-state index contributed by atoms with van der Waals surface area (Å²) >= 11 is 5.22. The number of nitrogens with one attached hydrogen (secondary N) is 2. The maximum absolute atomic E-state index is 12.8. The maximum Gasteiger partial charge on any atom is 0.274 e. The van der Waals surface area contributed by atoms with Crippen molar-refractivity contribution in [2.75, 3.05) is 5.32 Å². The minimum absolute atomic E-state index is 0.0291. The zero-order valence-electron chi connectivity index (χ0n) is 17.8. The summed E-state index contributed by atoms with van der Waals surface area (Å²) < 4.78 is 5.84. The Morgan fingerprint density at radius 2 is 1.81 bits per heavy atom. The Labute approximate surface area is 191 Å². The molecular weight excluding hydrogens is 426 g/mol. The average Bonchev–Trinajstić information content (AvgIpc) is 2.79. The number of hydrogen-bond donors (Lipinski definition) is 2. The van der Waals surface area contributed by atoms with Crippen LogP contribution in [0, 0.1) is 17.0 Å². The molecule has 7 nitrogen and oxygen atoms in total. The quantitative estimate of drug-likeness (QED) is 0.294. The Hall–Kier alpha value is -3.78. The first kappa shape index (κ1) is 22.9. The second-order valence-electron chi connectivity index (χ2n) is 7.11. The van der Waals surface area contributed by atoms with Gasteiger partial charge in [-0.15, -0.1) is 0 Å². The number of nitro benzene ring substituents is 1. The van der Waals surface area contributed by atoms with Crippen molar-refractivity contribution >= 4 is 34.6 Å². The van der Waals surface area contributed by atoms with Crippen molar-refractivity contribution in [2.45, 2.75) is 26.9 Å². The van der Waals surface area contributed by atoms with Gasteiger partial charge < -0.3 is 10.1 Å². The van der Waals surface area contributed by atoms with Crippen LogP contribution < -0.4 is 15.4 Å². The molecular formula is C24H23N3O4S. The number of rotatable bonds is 7. The summed E-state index contributed by atoms with van der Waals surface area (Å²) in [7, 11) is 0. The zero-order chi connectivity index (χ0) is 23.1. The van der Waals surface area contributed by atoms with Crippen LogP contribution in [0.15, 0.2) is 66.7 Å². The third-order valence-electron chi connectivity index (χ3n) is 4.88. The molecule has 0 aromatic heterocycles. The van der Waals surface area contributed by atoms with Crippen molar-refractivity contribution in [3.63, 3.8) is 0 Å². The van der Waals surface area contributed by atoms with E-state index < -0.39 is 10.8 Å². The first-order valence-corrected chi connectivity index (χ1v) is 10.4. The van der Waals surface area contributed by atoms with E-state index in [9.17, 15) is 14.9 Å². The summed E-state index contributed by atoms with van der Waals surface area (Å²) in [6, 6.07) is 19.6. The molecule has 1 amide bonds. The number of carbonyl (C=O) groups is 1. The fourth-order valence-corrected chi connectivity index (χ4v) is 3.28. The Morgan fingerprint density at radius 1 is 1.09 bits per heavy atom. The summed E-state index contributed by atoms with van der Waals surface area (Å²) in [5.74, 6) is 0.320. The van der Waals surface area contributed by atoms with Crippen LogP contribution in [0.4, 0.5) is 11.4 Å². The Kier molecular flexibility index (Phi) is 7.51. The van der Waals surface area contributed by atoms with E-state index in [1.165, 1.54) is 11.6 Å². The number of anilines is 1. The highest BCUT2D eigenvalue weighted by Crippen LogP contribution is 2.22. The van der Waals surface area contributed by atoms with Gasteiger partial charge in [0.15, 0.2) is 5.11 Å². The highest BCUT2D eigenvalue weighted by atomic mass is 32.1. The van der Waals surface area contributed by atoms with Crippen molar-refractivity contribution in [1.29, 1.82) is 0 Å². The van der Waals surface area contributed by atoms with Crippen LogP contribution in [0.1, 0.15) is 34.0 Å². The standard InChI is InChI=1S/C24H23N3O4S/c1-3-17-9-12-20(13-10-17)31-15-18-6-4-5-7-21(18)23(28)26-24(32)25-19-11-8-16(2)22(14-19)27(29)30/h4-14H,3,15H2,1-2H3,(H2,25,26,28,32). The molecule has 0 atom stereocenters. The molecule has 0 unspecified atom stereocenters. The minimum Gasteiger partial charge on any atom is -0.489 e. The van der Waals surface area contributed by atoms with E-state index >= 15 is 0 Å². The Morgan fingerprint density at radius 3 is 2.50 bits per heavy atom. The average molecular weight is 450 g/mol. The Balaban J connectivity index is 1.65.